The summed E-state index contributed by atoms with van der Waals surface area (Å²) in [7, 11) is -3.32. The predicted octanol–water partition coefficient (Wildman–Crippen LogP) is 2.09. The molecule has 2 heterocycles. The van der Waals surface area contributed by atoms with Crippen molar-refractivity contribution in [3.05, 3.63) is 53.8 Å². The van der Waals surface area contributed by atoms with Crippen molar-refractivity contribution in [2.75, 3.05) is 43.7 Å². The molecule has 0 atom stereocenters. The molecular formula is C19H25N3O3S. The SMILES string of the molecule is CS(=O)(=O)Nc1ccc(C(=O)C2=CCN(CCN3CCCC3)C=C2)cc1. The van der Waals surface area contributed by atoms with E-state index in [1.807, 2.05) is 18.4 Å². The Morgan fingerprint density at radius 1 is 1.12 bits per heavy atom. The molecule has 1 saturated heterocycles. The van der Waals surface area contributed by atoms with Crippen LogP contribution in [0.1, 0.15) is 23.2 Å². The lowest BCUT2D eigenvalue weighted by atomic mass is 10.0. The molecule has 2 aliphatic rings. The largest absolute Gasteiger partial charge is 0.372 e. The van der Waals surface area contributed by atoms with Gasteiger partial charge in [-0.05, 0) is 56.3 Å². The molecule has 0 aliphatic carbocycles. The van der Waals surface area contributed by atoms with Crippen molar-refractivity contribution in [1.29, 1.82) is 0 Å². The van der Waals surface area contributed by atoms with Crippen LogP contribution in [0.5, 0.6) is 0 Å². The summed E-state index contributed by atoms with van der Waals surface area (Å²) in [5.74, 6) is -0.0497. The summed E-state index contributed by atoms with van der Waals surface area (Å²) in [6.45, 7) is 5.17. The summed E-state index contributed by atoms with van der Waals surface area (Å²) in [5.41, 5.74) is 1.67. The Bertz CT molecular complexity index is 807. The number of benzene rings is 1. The van der Waals surface area contributed by atoms with Crippen LogP contribution in [-0.4, -0.2) is 63.0 Å². The lowest BCUT2D eigenvalue weighted by Gasteiger charge is -2.25. The maximum atomic E-state index is 12.6. The molecule has 1 aromatic rings. The van der Waals surface area contributed by atoms with Gasteiger partial charge in [-0.15, -0.1) is 0 Å². The van der Waals surface area contributed by atoms with Gasteiger partial charge in [0.2, 0.25) is 10.0 Å². The van der Waals surface area contributed by atoms with Gasteiger partial charge in [-0.1, -0.05) is 6.08 Å². The molecule has 0 radical (unpaired) electrons. The molecule has 140 valence electrons. The van der Waals surface area contributed by atoms with Crippen LogP contribution >= 0.6 is 0 Å². The summed E-state index contributed by atoms with van der Waals surface area (Å²) in [5, 5.41) is 0. The number of hydrogen-bond donors (Lipinski definition) is 1. The number of nitrogens with zero attached hydrogens (tertiary/aromatic N) is 2. The van der Waals surface area contributed by atoms with Crippen molar-refractivity contribution < 1.29 is 13.2 Å². The van der Waals surface area contributed by atoms with Gasteiger partial charge in [0.05, 0.1) is 6.26 Å². The number of likely N-dealkylation sites (tertiary alicyclic amines) is 1. The average molecular weight is 375 g/mol. The predicted molar refractivity (Wildman–Crippen MR) is 104 cm³/mol. The van der Waals surface area contributed by atoms with Gasteiger partial charge in [0.15, 0.2) is 5.78 Å². The second-order valence-corrected chi connectivity index (χ2v) is 8.55. The van der Waals surface area contributed by atoms with E-state index in [2.05, 4.69) is 14.5 Å². The Morgan fingerprint density at radius 2 is 1.81 bits per heavy atom. The molecule has 7 heteroatoms. The molecule has 1 N–H and O–H groups in total. The highest BCUT2D eigenvalue weighted by Gasteiger charge is 2.16. The molecule has 3 rings (SSSR count). The number of Topliss-reactive ketones (excluding diaryl/α,β-unsaturated/α-hetero) is 1. The molecule has 0 amide bonds. The van der Waals surface area contributed by atoms with Gasteiger partial charge in [-0.3, -0.25) is 9.52 Å². The number of carbonyl (C=O) groups is 1. The number of anilines is 1. The highest BCUT2D eigenvalue weighted by Crippen LogP contribution is 2.17. The Kier molecular flexibility index (Phi) is 5.78. The minimum Gasteiger partial charge on any atom is -0.372 e. The number of rotatable bonds is 7. The van der Waals surface area contributed by atoms with E-state index in [4.69, 9.17) is 0 Å². The Morgan fingerprint density at radius 3 is 2.38 bits per heavy atom. The van der Waals surface area contributed by atoms with Crippen LogP contribution in [0.25, 0.3) is 0 Å². The number of carbonyl (C=O) groups excluding carboxylic acids is 1. The first-order chi connectivity index (χ1) is 12.4. The highest BCUT2D eigenvalue weighted by atomic mass is 32.2. The van der Waals surface area contributed by atoms with Crippen LogP contribution in [0.4, 0.5) is 5.69 Å². The maximum Gasteiger partial charge on any atom is 0.229 e. The van der Waals surface area contributed by atoms with Crippen molar-refractivity contribution in [1.82, 2.24) is 9.80 Å². The third-order valence-corrected chi connectivity index (χ3v) is 5.23. The average Bonchev–Trinajstić information content (AvgIpc) is 3.13. The van der Waals surface area contributed by atoms with Crippen LogP contribution in [-0.2, 0) is 10.0 Å². The van der Waals surface area contributed by atoms with Crippen LogP contribution in [0, 0.1) is 0 Å². The smallest absolute Gasteiger partial charge is 0.229 e. The summed E-state index contributed by atoms with van der Waals surface area (Å²) in [4.78, 5) is 17.3. The number of hydrogen-bond acceptors (Lipinski definition) is 5. The Hall–Kier alpha value is -2.12. The van der Waals surface area contributed by atoms with E-state index in [1.54, 1.807) is 24.3 Å². The molecule has 0 spiro atoms. The van der Waals surface area contributed by atoms with E-state index >= 15 is 0 Å². The molecule has 26 heavy (non-hydrogen) atoms. The minimum absolute atomic E-state index is 0.0497. The molecule has 2 aliphatic heterocycles. The zero-order valence-corrected chi connectivity index (χ0v) is 15.8. The fourth-order valence-electron chi connectivity index (χ4n) is 3.21. The molecule has 0 saturated carbocycles. The molecule has 0 bridgehead atoms. The van der Waals surface area contributed by atoms with Gasteiger partial charge in [-0.2, -0.15) is 0 Å². The van der Waals surface area contributed by atoms with Crippen LogP contribution < -0.4 is 4.72 Å². The lowest BCUT2D eigenvalue weighted by Crippen LogP contribution is -2.32. The summed E-state index contributed by atoms with van der Waals surface area (Å²) < 4.78 is 24.9. The van der Waals surface area contributed by atoms with Crippen molar-refractivity contribution in [2.45, 2.75) is 12.8 Å². The van der Waals surface area contributed by atoms with Gasteiger partial charge in [-0.25, -0.2) is 8.42 Å². The van der Waals surface area contributed by atoms with E-state index < -0.39 is 10.0 Å². The van der Waals surface area contributed by atoms with E-state index in [0.29, 0.717) is 16.8 Å². The normalized spacial score (nSPS) is 18.0. The van der Waals surface area contributed by atoms with Crippen molar-refractivity contribution in [3.63, 3.8) is 0 Å². The van der Waals surface area contributed by atoms with Crippen molar-refractivity contribution in [3.8, 4) is 0 Å². The molecule has 1 aromatic carbocycles. The van der Waals surface area contributed by atoms with Crippen LogP contribution in [0.2, 0.25) is 0 Å². The van der Waals surface area contributed by atoms with Crippen molar-refractivity contribution >= 4 is 21.5 Å². The van der Waals surface area contributed by atoms with E-state index in [9.17, 15) is 13.2 Å². The van der Waals surface area contributed by atoms with Gasteiger partial charge in [0.1, 0.15) is 0 Å². The number of sulfonamides is 1. The molecule has 0 aromatic heterocycles. The fourth-order valence-corrected chi connectivity index (χ4v) is 3.78. The van der Waals surface area contributed by atoms with Gasteiger partial charge < -0.3 is 9.80 Å². The second-order valence-electron chi connectivity index (χ2n) is 6.80. The zero-order chi connectivity index (χ0) is 18.6. The summed E-state index contributed by atoms with van der Waals surface area (Å²) in [6, 6.07) is 6.49. The number of allylic oxidation sites excluding steroid dienone is 2. The van der Waals surface area contributed by atoms with E-state index in [-0.39, 0.29) is 5.78 Å². The zero-order valence-electron chi connectivity index (χ0n) is 15.0. The summed E-state index contributed by atoms with van der Waals surface area (Å²) in [6.07, 6.45) is 9.50. The fraction of sp³-hybridized carbons (Fsp3) is 0.421. The number of ketones is 1. The quantitative estimate of drug-likeness (QED) is 0.739. The van der Waals surface area contributed by atoms with Crippen LogP contribution in [0.15, 0.2) is 48.2 Å². The third kappa shape index (κ3) is 5.19. The standard InChI is InChI=1S/C19H25N3O3S/c1-26(24,25)20-18-6-4-16(5-7-18)19(23)17-8-12-22(13-9-17)15-14-21-10-2-3-11-21/h4-9,12,20H,2-3,10-11,13-15H2,1H3. The lowest BCUT2D eigenvalue weighted by molar-refractivity contribution is 0.103. The van der Waals surface area contributed by atoms with E-state index in [0.717, 1.165) is 25.9 Å². The Balaban J connectivity index is 1.54. The Labute approximate surface area is 155 Å². The highest BCUT2D eigenvalue weighted by molar-refractivity contribution is 7.92. The molecule has 0 unspecified atom stereocenters. The number of nitrogens with one attached hydrogen (secondary N) is 1. The molecule has 6 nitrogen and oxygen atoms in total. The van der Waals surface area contributed by atoms with Gasteiger partial charge in [0, 0.05) is 42.7 Å². The van der Waals surface area contributed by atoms with Crippen LogP contribution in [0.3, 0.4) is 0 Å². The van der Waals surface area contributed by atoms with Gasteiger partial charge >= 0.3 is 0 Å². The first-order valence-corrected chi connectivity index (χ1v) is 10.8. The minimum atomic E-state index is -3.32. The maximum absolute atomic E-state index is 12.6. The van der Waals surface area contributed by atoms with Crippen molar-refractivity contribution in [2.24, 2.45) is 0 Å². The van der Waals surface area contributed by atoms with Gasteiger partial charge in [0.25, 0.3) is 0 Å². The third-order valence-electron chi connectivity index (χ3n) is 4.63. The summed E-state index contributed by atoms with van der Waals surface area (Å²) >= 11 is 0. The molecular weight excluding hydrogens is 350 g/mol. The topological polar surface area (TPSA) is 69.7 Å². The molecule has 1 fully saturated rings. The monoisotopic (exact) mass is 375 g/mol. The first-order valence-electron chi connectivity index (χ1n) is 8.88. The first kappa shape index (κ1) is 18.7. The second kappa shape index (κ2) is 8.05. The van der Waals surface area contributed by atoms with E-state index in [1.165, 1.54) is 25.9 Å².